The van der Waals surface area contributed by atoms with E-state index in [9.17, 15) is 5.11 Å². The molecule has 0 bridgehead atoms. The van der Waals surface area contributed by atoms with E-state index in [1.54, 1.807) is 23.7 Å². The number of hydrogen-bond acceptors (Lipinski definition) is 7. The van der Waals surface area contributed by atoms with Crippen LogP contribution in [0.4, 0.5) is 16.8 Å². The molecule has 0 atom stereocenters. The van der Waals surface area contributed by atoms with Crippen molar-refractivity contribution in [2.75, 3.05) is 5.32 Å². The smallest absolute Gasteiger partial charge is 0.325 e. The van der Waals surface area contributed by atoms with Crippen LogP contribution < -0.4 is 5.32 Å². The first-order valence-corrected chi connectivity index (χ1v) is 11.7. The van der Waals surface area contributed by atoms with Gasteiger partial charge in [0, 0.05) is 30.1 Å². The molecule has 4 aromatic rings. The van der Waals surface area contributed by atoms with Gasteiger partial charge < -0.3 is 5.11 Å². The fourth-order valence-electron chi connectivity index (χ4n) is 4.14. The molecule has 164 valence electrons. The van der Waals surface area contributed by atoms with Crippen LogP contribution in [0.15, 0.2) is 54.9 Å². The molecule has 1 saturated carbocycles. The highest BCUT2D eigenvalue weighted by atomic mass is 32.1. The third-order valence-corrected chi connectivity index (χ3v) is 6.89. The van der Waals surface area contributed by atoms with E-state index in [1.165, 1.54) is 0 Å². The van der Waals surface area contributed by atoms with E-state index in [0.29, 0.717) is 11.4 Å². The number of thiazole rings is 1. The second kappa shape index (κ2) is 9.06. The molecular weight excluding hydrogens is 432 g/mol. The molecule has 7 nitrogen and oxygen atoms in total. The van der Waals surface area contributed by atoms with Gasteiger partial charge in [-0.15, -0.1) is 0 Å². The third-order valence-electron chi connectivity index (χ3n) is 5.96. The van der Waals surface area contributed by atoms with E-state index < -0.39 is 0 Å². The van der Waals surface area contributed by atoms with Crippen molar-refractivity contribution in [2.24, 2.45) is 0 Å². The maximum Gasteiger partial charge on any atom is 0.325 e. The second-order valence-electron chi connectivity index (χ2n) is 8.21. The van der Waals surface area contributed by atoms with Crippen LogP contribution in [0.25, 0.3) is 21.3 Å². The van der Waals surface area contributed by atoms with Crippen molar-refractivity contribution < 1.29 is 9.68 Å². The van der Waals surface area contributed by atoms with Gasteiger partial charge in [-0.05, 0) is 60.5 Å². The van der Waals surface area contributed by atoms with E-state index >= 15 is 0 Å². The first-order chi connectivity index (χ1) is 16.1. The Morgan fingerprint density at radius 3 is 2.73 bits per heavy atom. The number of aromatic nitrogens is 3. The molecule has 3 aromatic heterocycles. The minimum Gasteiger partial charge on any atom is -0.393 e. The van der Waals surface area contributed by atoms with Crippen LogP contribution >= 0.6 is 11.3 Å². The Hall–Kier alpha value is -3.67. The summed E-state index contributed by atoms with van der Waals surface area (Å²) in [6, 6.07) is 16.1. The van der Waals surface area contributed by atoms with Gasteiger partial charge in [-0.25, -0.2) is 9.56 Å². The number of nitriles is 1. The molecule has 1 aliphatic rings. The number of anilines is 2. The van der Waals surface area contributed by atoms with Crippen molar-refractivity contribution in [1.82, 2.24) is 15.0 Å². The Labute approximate surface area is 195 Å². The lowest BCUT2D eigenvalue weighted by Crippen LogP contribution is -2.29. The van der Waals surface area contributed by atoms with Crippen LogP contribution in [0, 0.1) is 11.3 Å². The molecule has 1 fully saturated rings. The van der Waals surface area contributed by atoms with Crippen molar-refractivity contribution in [3.05, 3.63) is 60.4 Å². The van der Waals surface area contributed by atoms with Crippen LogP contribution in [0.2, 0.25) is 0 Å². The van der Waals surface area contributed by atoms with E-state index in [-0.39, 0.29) is 12.1 Å². The standard InChI is InChI=1S/C25H23N6OS/c1-31(19-6-8-20(32)9-7-19)24-4-2-3-23(29-24)30-25-28-21-10-5-17(12-22(21)33-25)18-11-16(13-26)14-27-15-18/h2-5,10-12,14-15,19-20,32H,1,6-9H2,(H,28,29,30)/q+1. The van der Waals surface area contributed by atoms with Gasteiger partial charge in [-0.2, -0.15) is 5.26 Å². The molecule has 0 unspecified atom stereocenters. The highest BCUT2D eigenvalue weighted by Crippen LogP contribution is 2.32. The predicted molar refractivity (Wildman–Crippen MR) is 130 cm³/mol. The summed E-state index contributed by atoms with van der Waals surface area (Å²) >= 11 is 1.55. The van der Waals surface area contributed by atoms with E-state index in [1.807, 2.05) is 41.0 Å². The van der Waals surface area contributed by atoms with Crippen LogP contribution in [0.3, 0.4) is 0 Å². The number of benzene rings is 1. The topological polar surface area (TPSA) is 97.7 Å². The Balaban J connectivity index is 1.35. The molecule has 5 rings (SSSR count). The summed E-state index contributed by atoms with van der Waals surface area (Å²) in [4.78, 5) is 13.6. The van der Waals surface area contributed by atoms with Gasteiger partial charge in [-0.3, -0.25) is 10.3 Å². The zero-order chi connectivity index (χ0) is 22.8. The number of aliphatic hydroxyl groups excluding tert-OH is 1. The number of hydrogen-bond donors (Lipinski definition) is 2. The minimum atomic E-state index is -0.193. The van der Waals surface area contributed by atoms with Gasteiger partial charge in [-0.1, -0.05) is 17.4 Å². The largest absolute Gasteiger partial charge is 0.393 e. The minimum absolute atomic E-state index is 0.193. The number of fused-ring (bicyclic) bond motifs is 1. The summed E-state index contributed by atoms with van der Waals surface area (Å²) < 4.78 is 3.00. The van der Waals surface area contributed by atoms with Gasteiger partial charge >= 0.3 is 5.82 Å². The Bertz CT molecular complexity index is 1370. The molecule has 0 radical (unpaired) electrons. The van der Waals surface area contributed by atoms with E-state index in [4.69, 9.17) is 15.2 Å². The number of nitrogens with one attached hydrogen (secondary N) is 1. The Morgan fingerprint density at radius 1 is 1.06 bits per heavy atom. The monoisotopic (exact) mass is 455 g/mol. The number of nitrogens with zero attached hydrogens (tertiary/aromatic N) is 5. The van der Waals surface area contributed by atoms with Crippen LogP contribution in [-0.4, -0.2) is 43.5 Å². The molecule has 2 N–H and O–H groups in total. The van der Waals surface area contributed by atoms with Crippen molar-refractivity contribution in [2.45, 2.75) is 37.8 Å². The Morgan fingerprint density at radius 2 is 1.91 bits per heavy atom. The van der Waals surface area contributed by atoms with E-state index in [2.05, 4.69) is 29.2 Å². The number of rotatable bonds is 5. The maximum atomic E-state index is 9.77. The SMILES string of the molecule is C=[N+](c1cccc(Nc2nc3ccc(-c4cncc(C#N)c4)cc3s2)n1)C1CCC(O)CC1. The van der Waals surface area contributed by atoms with Crippen molar-refractivity contribution in [3.8, 4) is 17.2 Å². The molecule has 1 aromatic carbocycles. The molecule has 0 aliphatic heterocycles. The molecule has 33 heavy (non-hydrogen) atoms. The normalized spacial score (nSPS) is 18.1. The average Bonchev–Trinajstić information content (AvgIpc) is 3.25. The third kappa shape index (κ3) is 4.60. The number of aliphatic hydroxyl groups is 1. The first kappa shape index (κ1) is 21.2. The summed E-state index contributed by atoms with van der Waals surface area (Å²) in [7, 11) is 0. The van der Waals surface area contributed by atoms with Crippen LogP contribution in [-0.2, 0) is 0 Å². The van der Waals surface area contributed by atoms with Gasteiger partial charge in [0.15, 0.2) is 5.13 Å². The van der Waals surface area contributed by atoms with Crippen LogP contribution in [0.5, 0.6) is 0 Å². The molecule has 0 amide bonds. The fraction of sp³-hybridized carbons (Fsp3) is 0.240. The fourth-order valence-corrected chi connectivity index (χ4v) is 5.05. The number of pyridine rings is 2. The summed E-state index contributed by atoms with van der Waals surface area (Å²) in [5.74, 6) is 1.51. The van der Waals surface area contributed by atoms with Gasteiger partial charge in [0.1, 0.15) is 12.1 Å². The zero-order valence-corrected chi connectivity index (χ0v) is 18.8. The summed E-state index contributed by atoms with van der Waals surface area (Å²) in [6.07, 6.45) is 6.56. The zero-order valence-electron chi connectivity index (χ0n) is 18.0. The van der Waals surface area contributed by atoms with Crippen molar-refractivity contribution in [3.63, 3.8) is 0 Å². The van der Waals surface area contributed by atoms with Gasteiger partial charge in [0.05, 0.1) is 28.6 Å². The van der Waals surface area contributed by atoms with Crippen LogP contribution in [0.1, 0.15) is 31.2 Å². The lowest BCUT2D eigenvalue weighted by molar-refractivity contribution is -0.486. The van der Waals surface area contributed by atoms with E-state index in [0.717, 1.165) is 58.0 Å². The Kier molecular flexibility index (Phi) is 5.82. The average molecular weight is 456 g/mol. The molecular formula is C25H23N6OS+. The molecule has 1 aliphatic carbocycles. The summed E-state index contributed by atoms with van der Waals surface area (Å²) in [5, 5.41) is 23.0. The lowest BCUT2D eigenvalue weighted by atomic mass is 9.93. The molecule has 0 saturated heterocycles. The highest BCUT2D eigenvalue weighted by molar-refractivity contribution is 7.22. The predicted octanol–water partition coefficient (Wildman–Crippen LogP) is 5.02. The van der Waals surface area contributed by atoms with Gasteiger partial charge in [0.25, 0.3) is 0 Å². The quantitative estimate of drug-likeness (QED) is 0.324. The maximum absolute atomic E-state index is 9.77. The van der Waals surface area contributed by atoms with Crippen molar-refractivity contribution in [1.29, 1.82) is 5.26 Å². The molecule has 0 spiro atoms. The highest BCUT2D eigenvalue weighted by Gasteiger charge is 2.26. The first-order valence-electron chi connectivity index (χ1n) is 10.9. The second-order valence-corrected chi connectivity index (χ2v) is 9.24. The summed E-state index contributed by atoms with van der Waals surface area (Å²) in [5.41, 5.74) is 3.33. The molecule has 8 heteroatoms. The lowest BCUT2D eigenvalue weighted by Gasteiger charge is -2.24. The van der Waals surface area contributed by atoms with Gasteiger partial charge in [0.2, 0.25) is 5.82 Å². The summed E-state index contributed by atoms with van der Waals surface area (Å²) in [6.45, 7) is 4.21. The van der Waals surface area contributed by atoms with Crippen molar-refractivity contribution >= 4 is 45.0 Å². The molecule has 3 heterocycles.